The molecule has 9 nitrogen and oxygen atoms in total. The Morgan fingerprint density at radius 2 is 1.43 bits per heavy atom. The smallest absolute Gasteiger partial charge is 1.00 e. The summed E-state index contributed by atoms with van der Waals surface area (Å²) in [7, 11) is 0. The van der Waals surface area contributed by atoms with Crippen molar-refractivity contribution in [3.05, 3.63) is 11.5 Å². The van der Waals surface area contributed by atoms with Crippen molar-refractivity contribution in [2.75, 3.05) is 6.61 Å². The molecule has 1 rings (SSSR count). The SMILES string of the molecule is C=O.CCCCCCCCCCCCCCCC(=O)OC[C@H](O)[C@H]1OC(=O)C(O)=C1OC(C)=O.[H-].[Na+]. The molecule has 0 unspecified atom stereocenters. The van der Waals surface area contributed by atoms with Crippen LogP contribution in [0.5, 0.6) is 0 Å². The normalized spacial score (nSPS) is 15.4. The van der Waals surface area contributed by atoms with E-state index in [9.17, 15) is 24.6 Å². The summed E-state index contributed by atoms with van der Waals surface area (Å²) in [6.07, 6.45) is 13.2. The number of aliphatic hydroxyl groups excluding tert-OH is 2. The molecule has 10 heteroatoms. The van der Waals surface area contributed by atoms with Gasteiger partial charge in [0.25, 0.3) is 0 Å². The first-order valence-corrected chi connectivity index (χ1v) is 12.3. The quantitative estimate of drug-likeness (QED) is 0.122. The van der Waals surface area contributed by atoms with E-state index < -0.39 is 48.2 Å². The zero-order chi connectivity index (χ0) is 25.8. The molecule has 1 aliphatic rings. The van der Waals surface area contributed by atoms with E-state index in [1.165, 1.54) is 64.2 Å². The first-order valence-electron chi connectivity index (χ1n) is 12.3. The van der Waals surface area contributed by atoms with Crippen LogP contribution in [0, 0.1) is 0 Å². The number of esters is 3. The number of unbranched alkanes of at least 4 members (excludes halogenated alkanes) is 12. The third kappa shape index (κ3) is 16.8. The van der Waals surface area contributed by atoms with Crippen molar-refractivity contribution in [2.24, 2.45) is 0 Å². The van der Waals surface area contributed by atoms with Gasteiger partial charge in [0, 0.05) is 13.3 Å². The van der Waals surface area contributed by atoms with Crippen molar-refractivity contribution in [1.82, 2.24) is 0 Å². The van der Waals surface area contributed by atoms with Gasteiger partial charge in [-0.25, -0.2) is 4.79 Å². The topological polar surface area (TPSA) is 136 Å². The summed E-state index contributed by atoms with van der Waals surface area (Å²) < 4.78 is 14.5. The van der Waals surface area contributed by atoms with Gasteiger partial charge in [0.15, 0.2) is 6.10 Å². The Morgan fingerprint density at radius 3 is 1.89 bits per heavy atom. The van der Waals surface area contributed by atoms with Gasteiger partial charge in [0.05, 0.1) is 0 Å². The molecule has 0 fully saturated rings. The molecule has 35 heavy (non-hydrogen) atoms. The van der Waals surface area contributed by atoms with Gasteiger partial charge >= 0.3 is 47.5 Å². The summed E-state index contributed by atoms with van der Waals surface area (Å²) in [6.45, 7) is 4.88. The monoisotopic (exact) mass is 510 g/mol. The summed E-state index contributed by atoms with van der Waals surface area (Å²) in [6, 6.07) is 0. The fourth-order valence-corrected chi connectivity index (χ4v) is 3.60. The van der Waals surface area contributed by atoms with Crippen molar-refractivity contribution in [2.45, 2.75) is 116 Å². The van der Waals surface area contributed by atoms with Crippen molar-refractivity contribution < 1.29 is 74.6 Å². The second-order valence-electron chi connectivity index (χ2n) is 8.38. The number of carbonyl (C=O) groups is 4. The Bertz CT molecular complexity index is 643. The van der Waals surface area contributed by atoms with Gasteiger partial charge in [-0.15, -0.1) is 0 Å². The molecule has 0 bridgehead atoms. The maximum Gasteiger partial charge on any atom is 1.00 e. The zero-order valence-electron chi connectivity index (χ0n) is 22.7. The van der Waals surface area contributed by atoms with Crippen LogP contribution in [-0.4, -0.2) is 53.7 Å². The molecular weight excluding hydrogens is 467 g/mol. The van der Waals surface area contributed by atoms with Crippen LogP contribution < -0.4 is 29.6 Å². The van der Waals surface area contributed by atoms with Gasteiger partial charge in [0.1, 0.15) is 19.5 Å². The van der Waals surface area contributed by atoms with E-state index >= 15 is 0 Å². The average Bonchev–Trinajstić information content (AvgIpc) is 3.09. The molecule has 0 aliphatic carbocycles. The fourth-order valence-electron chi connectivity index (χ4n) is 3.60. The van der Waals surface area contributed by atoms with Crippen LogP contribution in [0.2, 0.25) is 0 Å². The Balaban J connectivity index is -0.00000265. The molecule has 0 spiro atoms. The Morgan fingerprint density at radius 1 is 0.971 bits per heavy atom. The second-order valence-corrected chi connectivity index (χ2v) is 8.38. The third-order valence-electron chi connectivity index (χ3n) is 5.42. The molecule has 2 N–H and O–H groups in total. The average molecular weight is 511 g/mol. The number of rotatable bonds is 18. The molecule has 0 radical (unpaired) electrons. The van der Waals surface area contributed by atoms with Gasteiger partial charge < -0.3 is 30.6 Å². The summed E-state index contributed by atoms with van der Waals surface area (Å²) >= 11 is 0. The molecule has 0 amide bonds. The van der Waals surface area contributed by atoms with E-state index in [0.29, 0.717) is 6.42 Å². The minimum absolute atomic E-state index is 0. The van der Waals surface area contributed by atoms with Crippen LogP contribution in [0.4, 0.5) is 0 Å². The van der Waals surface area contributed by atoms with Gasteiger partial charge in [-0.2, -0.15) is 0 Å². The van der Waals surface area contributed by atoms with E-state index in [0.717, 1.165) is 19.8 Å². The summed E-state index contributed by atoms with van der Waals surface area (Å²) in [4.78, 5) is 42.4. The van der Waals surface area contributed by atoms with Gasteiger partial charge in [-0.3, -0.25) is 9.59 Å². The molecular formula is C25H43NaO9. The fraction of sp³-hybridized carbons (Fsp3) is 0.760. The minimum atomic E-state index is -1.45. The van der Waals surface area contributed by atoms with E-state index in [1.807, 2.05) is 6.79 Å². The minimum Gasteiger partial charge on any atom is -1.00 e. The van der Waals surface area contributed by atoms with E-state index in [-0.39, 0.29) is 37.4 Å². The largest absolute Gasteiger partial charge is 1.00 e. The zero-order valence-corrected chi connectivity index (χ0v) is 23.7. The first-order chi connectivity index (χ1) is 16.4. The van der Waals surface area contributed by atoms with Crippen LogP contribution in [0.1, 0.15) is 105 Å². The maximum atomic E-state index is 11.9. The van der Waals surface area contributed by atoms with Gasteiger partial charge in [-0.05, 0) is 6.42 Å². The number of ether oxygens (including phenoxy) is 3. The second kappa shape index (κ2) is 23.0. The van der Waals surface area contributed by atoms with E-state index in [2.05, 4.69) is 6.92 Å². The Labute approximate surface area is 232 Å². The Hall–Kier alpha value is -1.42. The molecule has 1 aliphatic heterocycles. The molecule has 198 valence electrons. The standard InChI is InChI=1S/C24H40O8.CH2O.Na.H/c1-3-4-5-6-7-8-9-10-11-12-13-14-15-16-20(27)30-17-19(26)22-23(31-18(2)25)21(28)24(29)32-22;1-2;;/h19,22,26,28H,3-17H2,1-2H3;1H2;;/q;;+1;-1/t19-,22+;;;/m0.../s1. The van der Waals surface area contributed by atoms with E-state index in [4.69, 9.17) is 19.0 Å². The molecule has 1 heterocycles. The maximum absolute atomic E-state index is 11.9. The number of aliphatic hydroxyl groups is 2. The van der Waals surface area contributed by atoms with Crippen LogP contribution in [0.3, 0.4) is 0 Å². The Kier molecular flexibility index (Phi) is 23.5. The van der Waals surface area contributed by atoms with Gasteiger partial charge in [0.2, 0.25) is 11.5 Å². The summed E-state index contributed by atoms with van der Waals surface area (Å²) in [5, 5.41) is 19.7. The third-order valence-corrected chi connectivity index (χ3v) is 5.42. The van der Waals surface area contributed by atoms with Crippen LogP contribution in [0.25, 0.3) is 0 Å². The first kappa shape index (κ1) is 35.7. The number of carbonyl (C=O) groups excluding carboxylic acids is 4. The number of hydrogen-bond acceptors (Lipinski definition) is 9. The molecule has 0 saturated heterocycles. The van der Waals surface area contributed by atoms with Crippen LogP contribution >= 0.6 is 0 Å². The molecule has 0 aromatic carbocycles. The van der Waals surface area contributed by atoms with Crippen molar-refractivity contribution in [1.29, 1.82) is 0 Å². The molecule has 0 aromatic heterocycles. The van der Waals surface area contributed by atoms with Crippen LogP contribution in [0.15, 0.2) is 11.5 Å². The summed E-state index contributed by atoms with van der Waals surface area (Å²) in [5.74, 6) is -3.69. The van der Waals surface area contributed by atoms with Gasteiger partial charge in [-0.1, -0.05) is 84.0 Å². The molecule has 2 atom stereocenters. The van der Waals surface area contributed by atoms with Crippen molar-refractivity contribution in [3.8, 4) is 0 Å². The summed E-state index contributed by atoms with van der Waals surface area (Å²) in [5.41, 5.74) is 0. The predicted octanol–water partition coefficient (Wildman–Crippen LogP) is 1.56. The van der Waals surface area contributed by atoms with Crippen molar-refractivity contribution in [3.63, 3.8) is 0 Å². The van der Waals surface area contributed by atoms with E-state index in [1.54, 1.807) is 0 Å². The predicted molar refractivity (Wildman–Crippen MR) is 127 cm³/mol. The number of hydrogen-bond donors (Lipinski definition) is 2. The van der Waals surface area contributed by atoms with Crippen molar-refractivity contribution >= 4 is 24.7 Å². The molecule has 0 saturated carbocycles. The molecule has 0 aromatic rings. The van der Waals surface area contributed by atoms with Crippen LogP contribution in [-0.2, 0) is 33.4 Å². The number of cyclic esters (lactones) is 1.